The van der Waals surface area contributed by atoms with Crippen molar-refractivity contribution in [3.05, 3.63) is 71.2 Å². The van der Waals surface area contributed by atoms with Crippen molar-refractivity contribution in [2.24, 2.45) is 0 Å². The molecule has 2 unspecified atom stereocenters. The quantitative estimate of drug-likeness (QED) is 0.387. The summed E-state index contributed by atoms with van der Waals surface area (Å²) in [5.74, 6) is -0.377. The molecule has 1 aliphatic carbocycles. The molecule has 3 N–H and O–H groups in total. The average Bonchev–Trinajstić information content (AvgIpc) is 3.32. The van der Waals surface area contributed by atoms with E-state index >= 15 is 0 Å². The summed E-state index contributed by atoms with van der Waals surface area (Å²) in [5, 5.41) is 19.5. The van der Waals surface area contributed by atoms with Crippen molar-refractivity contribution >= 4 is 40.9 Å². The van der Waals surface area contributed by atoms with Crippen LogP contribution < -0.4 is 9.46 Å². The fourth-order valence-electron chi connectivity index (χ4n) is 3.33. The van der Waals surface area contributed by atoms with Crippen LogP contribution in [0.2, 0.25) is 5.02 Å². The number of benzene rings is 2. The average molecular weight is 462 g/mol. The van der Waals surface area contributed by atoms with E-state index in [-0.39, 0.29) is 19.1 Å². The highest BCUT2D eigenvalue weighted by atomic mass is 35.5. The number of aliphatic carboxylic acids is 1. The number of rotatable bonds is 9. The smallest absolute Gasteiger partial charge is 0.325 e. The Labute approximate surface area is 187 Å². The molecule has 0 aliphatic heterocycles. The zero-order valence-electron chi connectivity index (χ0n) is 15.9. The third kappa shape index (κ3) is 4.50. The van der Waals surface area contributed by atoms with Gasteiger partial charge in [-0.2, -0.15) is 0 Å². The molecule has 3 aromatic rings. The monoisotopic (exact) mass is 461 g/mol. The van der Waals surface area contributed by atoms with Crippen LogP contribution in [0.3, 0.4) is 0 Å². The molecule has 2 atom stereocenters. The molecule has 1 aromatic heterocycles. The summed E-state index contributed by atoms with van der Waals surface area (Å²) in [6.07, 6.45) is 0.508. The highest BCUT2D eigenvalue weighted by molar-refractivity contribution is 7.99. The largest absolute Gasteiger partial charge is 0.491 e. The van der Waals surface area contributed by atoms with Crippen LogP contribution in [0.1, 0.15) is 17.9 Å². The van der Waals surface area contributed by atoms with Gasteiger partial charge >= 0.3 is 5.97 Å². The first-order chi connectivity index (χ1) is 14.5. The Morgan fingerprint density at radius 3 is 2.77 bits per heavy atom. The molecule has 1 fully saturated rings. The molecule has 1 heterocycles. The van der Waals surface area contributed by atoms with E-state index in [0.717, 1.165) is 20.2 Å². The second-order valence-electron chi connectivity index (χ2n) is 7.01. The number of ether oxygens (including phenoxy) is 1. The van der Waals surface area contributed by atoms with E-state index < -0.39 is 11.5 Å². The number of aliphatic hydroxyl groups is 1. The van der Waals surface area contributed by atoms with E-state index in [1.54, 1.807) is 17.4 Å². The van der Waals surface area contributed by atoms with Crippen LogP contribution in [-0.4, -0.2) is 34.9 Å². The van der Waals surface area contributed by atoms with Gasteiger partial charge in [-0.25, -0.2) is 4.72 Å². The third-order valence-electron chi connectivity index (χ3n) is 5.01. The minimum Gasteiger partial charge on any atom is -0.491 e. The summed E-state index contributed by atoms with van der Waals surface area (Å²) in [6, 6.07) is 19.1. The lowest BCUT2D eigenvalue weighted by Gasteiger charge is -2.14. The predicted octanol–water partition coefficient (Wildman–Crippen LogP) is 5.05. The van der Waals surface area contributed by atoms with E-state index in [4.69, 9.17) is 21.4 Å². The lowest BCUT2D eigenvalue weighted by Crippen LogP contribution is -2.36. The molecule has 0 amide bonds. The second kappa shape index (κ2) is 8.99. The Balaban J connectivity index is 1.44. The van der Waals surface area contributed by atoms with Gasteiger partial charge in [0.2, 0.25) is 0 Å². The molecule has 2 aromatic carbocycles. The molecule has 0 spiro atoms. The molecule has 1 aliphatic rings. The van der Waals surface area contributed by atoms with Crippen molar-refractivity contribution in [3.8, 4) is 16.2 Å². The van der Waals surface area contributed by atoms with E-state index in [2.05, 4.69) is 4.72 Å². The molecular formula is C22H20ClNO4S2. The summed E-state index contributed by atoms with van der Waals surface area (Å²) >= 11 is 8.91. The lowest BCUT2D eigenvalue weighted by atomic mass is 10.1. The highest BCUT2D eigenvalue weighted by Crippen LogP contribution is 2.54. The van der Waals surface area contributed by atoms with Gasteiger partial charge in [0.05, 0.1) is 10.8 Å². The minimum atomic E-state index is -1.01. The molecule has 1 saturated carbocycles. The first kappa shape index (κ1) is 21.2. The Morgan fingerprint density at radius 1 is 1.23 bits per heavy atom. The van der Waals surface area contributed by atoms with Gasteiger partial charge in [-0.1, -0.05) is 35.9 Å². The van der Waals surface area contributed by atoms with Crippen LogP contribution in [-0.2, 0) is 4.79 Å². The Kier molecular flexibility index (Phi) is 6.36. The SMILES string of the molecule is O=C(O)C1(NSc2ccc(-c3ccc(Cl)cc3)s2)CC1c1cccc(OCCO)c1. The van der Waals surface area contributed by atoms with Crippen LogP contribution >= 0.6 is 34.9 Å². The van der Waals surface area contributed by atoms with E-state index in [1.807, 2.05) is 54.6 Å². The van der Waals surface area contributed by atoms with E-state index in [0.29, 0.717) is 17.2 Å². The summed E-state index contributed by atoms with van der Waals surface area (Å²) in [5.41, 5.74) is 0.979. The molecule has 30 heavy (non-hydrogen) atoms. The van der Waals surface area contributed by atoms with Crippen molar-refractivity contribution < 1.29 is 19.7 Å². The standard InChI is InChI=1S/C22H20ClNO4S2/c23-16-6-4-14(5-7-16)19-8-9-20(29-19)30-24-22(21(26)27)13-18(22)15-2-1-3-17(12-15)28-11-10-25/h1-9,12,18,24-25H,10-11,13H2,(H,26,27). The van der Waals surface area contributed by atoms with Gasteiger partial charge < -0.3 is 14.9 Å². The molecule has 4 rings (SSSR count). The number of hydrogen-bond donors (Lipinski definition) is 3. The summed E-state index contributed by atoms with van der Waals surface area (Å²) in [4.78, 5) is 13.2. The number of carboxylic acids is 1. The zero-order chi connectivity index (χ0) is 21.1. The van der Waals surface area contributed by atoms with Gasteiger partial charge in [-0.15, -0.1) is 11.3 Å². The normalized spacial score (nSPS) is 20.1. The Hall–Kier alpha value is -2.03. The number of aliphatic hydroxyl groups excluding tert-OH is 1. The molecule has 0 bridgehead atoms. The fourth-order valence-corrected chi connectivity index (χ4v) is 5.49. The fraction of sp³-hybridized carbons (Fsp3) is 0.227. The van der Waals surface area contributed by atoms with Crippen LogP contribution in [0, 0.1) is 0 Å². The summed E-state index contributed by atoms with van der Waals surface area (Å²) in [6.45, 7) is 0.143. The number of thiophene rings is 1. The first-order valence-corrected chi connectivity index (χ1v) is 11.4. The number of nitrogens with one attached hydrogen (secondary N) is 1. The van der Waals surface area contributed by atoms with Crippen molar-refractivity contribution in [2.45, 2.75) is 22.1 Å². The maximum atomic E-state index is 12.1. The third-order valence-corrected chi connectivity index (χ3v) is 7.49. The van der Waals surface area contributed by atoms with Gasteiger partial charge in [0.15, 0.2) is 0 Å². The lowest BCUT2D eigenvalue weighted by molar-refractivity contribution is -0.140. The maximum Gasteiger partial charge on any atom is 0.325 e. The minimum absolute atomic E-state index is 0.0657. The maximum absolute atomic E-state index is 12.1. The number of carboxylic acid groups (broad SMARTS) is 1. The molecular weight excluding hydrogens is 442 g/mol. The second-order valence-corrected chi connectivity index (χ2v) is 9.63. The molecule has 8 heteroatoms. The van der Waals surface area contributed by atoms with Crippen molar-refractivity contribution in [2.75, 3.05) is 13.2 Å². The van der Waals surface area contributed by atoms with Gasteiger partial charge in [0.1, 0.15) is 17.9 Å². The van der Waals surface area contributed by atoms with Crippen molar-refractivity contribution in [1.82, 2.24) is 4.72 Å². The van der Waals surface area contributed by atoms with Crippen LogP contribution in [0.25, 0.3) is 10.4 Å². The van der Waals surface area contributed by atoms with Gasteiger partial charge in [-0.05, 0) is 65.9 Å². The van der Waals surface area contributed by atoms with E-state index in [1.165, 1.54) is 11.9 Å². The van der Waals surface area contributed by atoms with Gasteiger partial charge in [0, 0.05) is 15.8 Å². The number of carbonyl (C=O) groups is 1. The predicted molar refractivity (Wildman–Crippen MR) is 121 cm³/mol. The topological polar surface area (TPSA) is 78.8 Å². The number of halogens is 1. The molecule has 0 radical (unpaired) electrons. The van der Waals surface area contributed by atoms with E-state index in [9.17, 15) is 9.90 Å². The zero-order valence-corrected chi connectivity index (χ0v) is 18.3. The highest BCUT2D eigenvalue weighted by Gasteiger charge is 2.61. The summed E-state index contributed by atoms with van der Waals surface area (Å²) in [7, 11) is 0. The van der Waals surface area contributed by atoms with Gasteiger partial charge in [0.25, 0.3) is 0 Å². The Bertz CT molecular complexity index is 1040. The molecule has 0 saturated heterocycles. The first-order valence-electron chi connectivity index (χ1n) is 9.38. The van der Waals surface area contributed by atoms with Crippen LogP contribution in [0.15, 0.2) is 64.9 Å². The van der Waals surface area contributed by atoms with Crippen LogP contribution in [0.5, 0.6) is 5.75 Å². The van der Waals surface area contributed by atoms with Crippen molar-refractivity contribution in [3.63, 3.8) is 0 Å². The summed E-state index contributed by atoms with van der Waals surface area (Å²) < 4.78 is 9.64. The van der Waals surface area contributed by atoms with Gasteiger partial charge in [-0.3, -0.25) is 4.79 Å². The van der Waals surface area contributed by atoms with Crippen LogP contribution in [0.4, 0.5) is 0 Å². The molecule has 156 valence electrons. The number of hydrogen-bond acceptors (Lipinski definition) is 6. The van der Waals surface area contributed by atoms with Crippen molar-refractivity contribution in [1.29, 1.82) is 0 Å². The Morgan fingerprint density at radius 2 is 2.03 bits per heavy atom. The molecule has 5 nitrogen and oxygen atoms in total.